The van der Waals surface area contributed by atoms with Crippen LogP contribution in [0.4, 0.5) is 5.13 Å². The van der Waals surface area contributed by atoms with Gasteiger partial charge in [-0.15, -0.1) is 22.7 Å². The molecule has 0 aliphatic carbocycles. The number of ether oxygens (including phenoxy) is 2. The summed E-state index contributed by atoms with van der Waals surface area (Å²) in [5.74, 6) is 1.25. The molecular weight excluding hydrogens is 380 g/mol. The van der Waals surface area contributed by atoms with E-state index in [1.807, 2.05) is 23.6 Å². The van der Waals surface area contributed by atoms with Crippen LogP contribution in [0, 0.1) is 0 Å². The first-order chi connectivity index (χ1) is 12.1. The first kappa shape index (κ1) is 17.7. The van der Waals surface area contributed by atoms with Crippen molar-refractivity contribution in [1.29, 1.82) is 0 Å². The summed E-state index contributed by atoms with van der Waals surface area (Å²) in [6, 6.07) is 9.16. The van der Waals surface area contributed by atoms with E-state index >= 15 is 0 Å². The zero-order chi connectivity index (χ0) is 17.8. The molecule has 5 nitrogen and oxygen atoms in total. The molecule has 8 heteroatoms. The zero-order valence-electron chi connectivity index (χ0n) is 13.5. The quantitative estimate of drug-likeness (QED) is 0.656. The Kier molecular flexibility index (Phi) is 5.57. The van der Waals surface area contributed by atoms with Gasteiger partial charge in [0.2, 0.25) is 5.91 Å². The van der Waals surface area contributed by atoms with Crippen LogP contribution in [0.25, 0.3) is 11.3 Å². The Hall–Kier alpha value is -2.09. The molecule has 0 fully saturated rings. The van der Waals surface area contributed by atoms with E-state index in [2.05, 4.69) is 10.3 Å². The number of rotatable bonds is 6. The fourth-order valence-corrected chi connectivity index (χ4v) is 4.05. The van der Waals surface area contributed by atoms with E-state index in [4.69, 9.17) is 21.1 Å². The van der Waals surface area contributed by atoms with Crippen LogP contribution in [-0.2, 0) is 11.2 Å². The van der Waals surface area contributed by atoms with Crippen LogP contribution in [0.15, 0.2) is 35.7 Å². The maximum absolute atomic E-state index is 12.1. The second-order valence-electron chi connectivity index (χ2n) is 5.03. The molecule has 0 atom stereocenters. The second kappa shape index (κ2) is 7.86. The van der Waals surface area contributed by atoms with Gasteiger partial charge in [-0.05, 0) is 24.3 Å². The predicted molar refractivity (Wildman–Crippen MR) is 102 cm³/mol. The minimum atomic E-state index is -0.124. The van der Waals surface area contributed by atoms with Crippen LogP contribution in [0.2, 0.25) is 4.34 Å². The molecule has 2 heterocycles. The molecule has 25 heavy (non-hydrogen) atoms. The lowest BCUT2D eigenvalue weighted by Gasteiger charge is -2.08. The highest BCUT2D eigenvalue weighted by atomic mass is 35.5. The number of amides is 1. The van der Waals surface area contributed by atoms with E-state index in [0.29, 0.717) is 21.0 Å². The highest BCUT2D eigenvalue weighted by Gasteiger charge is 2.13. The van der Waals surface area contributed by atoms with E-state index in [1.54, 1.807) is 26.4 Å². The van der Waals surface area contributed by atoms with E-state index < -0.39 is 0 Å². The van der Waals surface area contributed by atoms with Gasteiger partial charge in [-0.3, -0.25) is 4.79 Å². The molecule has 0 spiro atoms. The molecule has 0 aliphatic heterocycles. The molecule has 1 aromatic carbocycles. The fraction of sp³-hybridized carbons (Fsp3) is 0.176. The first-order valence-electron chi connectivity index (χ1n) is 7.31. The molecule has 0 unspecified atom stereocenters. The van der Waals surface area contributed by atoms with Gasteiger partial charge in [0, 0.05) is 21.9 Å². The van der Waals surface area contributed by atoms with Crippen molar-refractivity contribution in [2.75, 3.05) is 19.5 Å². The lowest BCUT2D eigenvalue weighted by molar-refractivity contribution is -0.115. The number of aromatic nitrogens is 1. The molecule has 0 radical (unpaired) electrons. The van der Waals surface area contributed by atoms with Crippen LogP contribution in [0.3, 0.4) is 0 Å². The average Bonchev–Trinajstić information content (AvgIpc) is 3.23. The number of carbonyl (C=O) groups is 1. The number of benzene rings is 1. The third kappa shape index (κ3) is 4.31. The van der Waals surface area contributed by atoms with Gasteiger partial charge in [-0.25, -0.2) is 4.98 Å². The standard InChI is InChI=1S/C17H15ClN2O3S2/c1-22-10-3-5-12(14(7-10)23-2)13-9-24-17(19-13)20-16(21)8-11-4-6-15(18)25-11/h3-7,9H,8H2,1-2H3,(H,19,20,21). The molecule has 1 amide bonds. The van der Waals surface area contributed by atoms with Gasteiger partial charge >= 0.3 is 0 Å². The van der Waals surface area contributed by atoms with Crippen LogP contribution in [-0.4, -0.2) is 25.1 Å². The second-order valence-corrected chi connectivity index (χ2v) is 7.69. The van der Waals surface area contributed by atoms with Gasteiger partial charge in [0.05, 0.1) is 30.7 Å². The number of nitrogens with one attached hydrogen (secondary N) is 1. The summed E-state index contributed by atoms with van der Waals surface area (Å²) < 4.78 is 11.3. The number of thiophene rings is 1. The molecule has 2 aromatic heterocycles. The summed E-state index contributed by atoms with van der Waals surface area (Å²) >= 11 is 8.64. The summed E-state index contributed by atoms with van der Waals surface area (Å²) in [4.78, 5) is 17.5. The molecule has 3 rings (SSSR count). The Labute approximate surface area is 158 Å². The summed E-state index contributed by atoms with van der Waals surface area (Å²) in [6.45, 7) is 0. The smallest absolute Gasteiger partial charge is 0.231 e. The van der Waals surface area contributed by atoms with Gasteiger partial charge in [0.25, 0.3) is 0 Å². The van der Waals surface area contributed by atoms with Crippen molar-refractivity contribution in [1.82, 2.24) is 4.98 Å². The Morgan fingerprint density at radius 2 is 2.08 bits per heavy atom. The minimum Gasteiger partial charge on any atom is -0.497 e. The number of hydrogen-bond acceptors (Lipinski definition) is 6. The highest BCUT2D eigenvalue weighted by molar-refractivity contribution is 7.16. The van der Waals surface area contributed by atoms with Crippen molar-refractivity contribution >= 4 is 45.3 Å². The average molecular weight is 395 g/mol. The number of carbonyl (C=O) groups excluding carboxylic acids is 1. The van der Waals surface area contributed by atoms with Gasteiger partial charge in [-0.2, -0.15) is 0 Å². The first-order valence-corrected chi connectivity index (χ1v) is 9.38. The van der Waals surface area contributed by atoms with Crippen LogP contribution >= 0.6 is 34.3 Å². The van der Waals surface area contributed by atoms with E-state index in [1.165, 1.54) is 22.7 Å². The van der Waals surface area contributed by atoms with Crippen molar-refractivity contribution < 1.29 is 14.3 Å². The van der Waals surface area contributed by atoms with E-state index in [-0.39, 0.29) is 12.3 Å². The number of methoxy groups -OCH3 is 2. The van der Waals surface area contributed by atoms with Gasteiger partial charge in [0.1, 0.15) is 11.5 Å². The number of halogens is 1. The third-order valence-electron chi connectivity index (χ3n) is 3.40. The van der Waals surface area contributed by atoms with Crippen molar-refractivity contribution in [2.24, 2.45) is 0 Å². The van der Waals surface area contributed by atoms with Gasteiger partial charge in [0.15, 0.2) is 5.13 Å². The Morgan fingerprint density at radius 3 is 2.76 bits per heavy atom. The predicted octanol–water partition coefficient (Wildman–Crippen LogP) is 4.72. The van der Waals surface area contributed by atoms with Crippen molar-refractivity contribution in [3.8, 4) is 22.8 Å². The number of anilines is 1. The lowest BCUT2D eigenvalue weighted by Crippen LogP contribution is -2.13. The molecule has 0 saturated heterocycles. The fourth-order valence-electron chi connectivity index (χ4n) is 2.23. The molecule has 0 bridgehead atoms. The largest absolute Gasteiger partial charge is 0.497 e. The van der Waals surface area contributed by atoms with Gasteiger partial charge in [-0.1, -0.05) is 11.6 Å². The molecular formula is C17H15ClN2O3S2. The maximum Gasteiger partial charge on any atom is 0.231 e. The van der Waals surface area contributed by atoms with E-state index in [0.717, 1.165) is 16.1 Å². The Bertz CT molecular complexity index is 892. The monoisotopic (exact) mass is 394 g/mol. The summed E-state index contributed by atoms with van der Waals surface area (Å²) in [5, 5.41) is 5.24. The third-order valence-corrected chi connectivity index (χ3v) is 5.39. The molecule has 1 N–H and O–H groups in total. The summed E-state index contributed by atoms with van der Waals surface area (Å²) in [5.41, 5.74) is 1.57. The SMILES string of the molecule is COc1ccc(-c2csc(NC(=O)Cc3ccc(Cl)s3)n2)c(OC)c1. The van der Waals surface area contributed by atoms with Crippen molar-refractivity contribution in [3.05, 3.63) is 44.9 Å². The number of nitrogens with zero attached hydrogens (tertiary/aromatic N) is 1. The lowest BCUT2D eigenvalue weighted by atomic mass is 10.1. The Balaban J connectivity index is 1.73. The van der Waals surface area contributed by atoms with Crippen LogP contribution < -0.4 is 14.8 Å². The summed E-state index contributed by atoms with van der Waals surface area (Å²) in [7, 11) is 3.20. The molecule has 0 saturated carbocycles. The topological polar surface area (TPSA) is 60.5 Å². The molecule has 3 aromatic rings. The van der Waals surface area contributed by atoms with Gasteiger partial charge < -0.3 is 14.8 Å². The van der Waals surface area contributed by atoms with Crippen molar-refractivity contribution in [3.63, 3.8) is 0 Å². The van der Waals surface area contributed by atoms with E-state index in [9.17, 15) is 4.79 Å². The molecule has 0 aliphatic rings. The van der Waals surface area contributed by atoms with Crippen molar-refractivity contribution in [2.45, 2.75) is 6.42 Å². The highest BCUT2D eigenvalue weighted by Crippen LogP contribution is 2.34. The van der Waals surface area contributed by atoms with Crippen LogP contribution in [0.5, 0.6) is 11.5 Å². The molecule has 130 valence electrons. The number of hydrogen-bond donors (Lipinski definition) is 1. The zero-order valence-corrected chi connectivity index (χ0v) is 15.9. The number of thiazole rings is 1. The maximum atomic E-state index is 12.1. The normalized spacial score (nSPS) is 10.5. The minimum absolute atomic E-state index is 0.124. The Morgan fingerprint density at radius 1 is 1.24 bits per heavy atom. The van der Waals surface area contributed by atoms with Crippen LogP contribution in [0.1, 0.15) is 4.88 Å². The summed E-state index contributed by atoms with van der Waals surface area (Å²) in [6.07, 6.45) is 0.276.